The summed E-state index contributed by atoms with van der Waals surface area (Å²) in [4.78, 5) is 0. The van der Waals surface area contributed by atoms with E-state index in [1.54, 1.807) is 22.3 Å². The molecule has 452 valence electrons. The minimum atomic E-state index is -1.16. The van der Waals surface area contributed by atoms with Crippen LogP contribution in [0.2, 0.25) is 72.5 Å². The predicted molar refractivity (Wildman–Crippen MR) is 369 cm³/mol. The molecule has 0 N–H and O–H groups in total. The van der Waals surface area contributed by atoms with Gasteiger partial charge in [0.2, 0.25) is 0 Å². The topological polar surface area (TPSA) is 0 Å². The zero-order valence-electron chi connectivity index (χ0n) is 53.2. The Morgan fingerprint density at radius 2 is 0.477 bits per heavy atom. The van der Waals surface area contributed by atoms with Gasteiger partial charge < -0.3 is 24.8 Å². The standard InChI is InChI=1S/4C20H23Si.2ClH.2Zr/c4*1-2-3-13-21(14-8-15-21)20-18-11-6-4-9-16(18)17-10-5-7-12-19(17)20;;;;/h4*4-7,9-11,20H,2-3,8,13-15H2,1H3;2*1H;;/q4*-1;;;2*+2/p-2. The van der Waals surface area contributed by atoms with E-state index in [1.807, 2.05) is 0 Å². The van der Waals surface area contributed by atoms with Crippen LogP contribution in [0.5, 0.6) is 0 Å². The molecular weight excluding hydrogens is 1330 g/mol. The molecule has 0 bridgehead atoms. The van der Waals surface area contributed by atoms with Gasteiger partial charge in [-0.1, -0.05) is 297 Å². The first-order valence-corrected chi connectivity index (χ1v) is 44.6. The summed E-state index contributed by atoms with van der Waals surface area (Å²) >= 11 is 0. The minimum absolute atomic E-state index is 0. The molecule has 4 fully saturated rings. The van der Waals surface area contributed by atoms with Crippen LogP contribution in [0.15, 0.2) is 170 Å². The van der Waals surface area contributed by atoms with E-state index in [4.69, 9.17) is 0 Å². The van der Waals surface area contributed by atoms with Gasteiger partial charge in [0, 0.05) is 0 Å². The number of benzene rings is 8. The average Bonchev–Trinajstić information content (AvgIpc) is 1.61. The second kappa shape index (κ2) is 30.8. The van der Waals surface area contributed by atoms with Crippen molar-refractivity contribution >= 4 is 32.3 Å². The summed E-state index contributed by atoms with van der Waals surface area (Å²) in [6.07, 6.45) is 16.9. The molecule has 4 unspecified atom stereocenters. The molecule has 0 amide bonds. The van der Waals surface area contributed by atoms with Crippen molar-refractivity contribution in [3.05, 3.63) is 239 Å². The van der Waals surface area contributed by atoms with Crippen LogP contribution in [0.3, 0.4) is 0 Å². The zero-order valence-corrected chi connectivity index (χ0v) is 63.6. The second-order valence-corrected chi connectivity index (χ2v) is 46.6. The zero-order chi connectivity index (χ0) is 57.1. The van der Waals surface area contributed by atoms with E-state index >= 15 is 0 Å². The Balaban J connectivity index is 0.000000138. The number of hydrogen-bond acceptors (Lipinski definition) is 0. The van der Waals surface area contributed by atoms with Gasteiger partial charge in [0.1, 0.15) is 0 Å². The van der Waals surface area contributed by atoms with Crippen molar-refractivity contribution in [2.45, 2.75) is 199 Å². The maximum absolute atomic E-state index is 3.63. The first-order valence-electron chi connectivity index (χ1n) is 33.8. The van der Waals surface area contributed by atoms with Crippen LogP contribution in [0, 0.1) is 24.3 Å². The smallest absolute Gasteiger partial charge is 1.00 e. The summed E-state index contributed by atoms with van der Waals surface area (Å²) in [5.74, 6) is 0. The summed E-state index contributed by atoms with van der Waals surface area (Å²) in [5, 5.41) is 0. The van der Waals surface area contributed by atoms with Gasteiger partial charge in [0.25, 0.3) is 0 Å². The van der Waals surface area contributed by atoms with Crippen molar-refractivity contribution in [2.24, 2.45) is 0 Å². The average molecular weight is 1420 g/mol. The SMILES string of the molecule is CCCC[Si]1(C2c3[c-]cccc3-c3ccccc32)CCC1.CCCC[Si]1(C2c3[c-]cccc3-c3ccccc32)CCC1.CCCC[Si]1(C2c3[c-]cccc3-c3ccccc32)CCC1.CCCC[Si]1(C2c3[c-]cccc3-c3ccccc32)CCC1.[Cl-].[Cl-].[Zr+2].[Zr+2]. The van der Waals surface area contributed by atoms with Crippen LogP contribution >= 0.6 is 0 Å². The molecule has 0 nitrogen and oxygen atoms in total. The van der Waals surface area contributed by atoms with Gasteiger partial charge in [-0.2, -0.15) is 97.1 Å². The number of unbranched alkanes of at least 4 members (excludes halogenated alkanes) is 4. The van der Waals surface area contributed by atoms with Crippen molar-refractivity contribution < 1.29 is 77.2 Å². The molecule has 0 saturated carbocycles. The molecule has 8 aromatic rings. The Morgan fingerprint density at radius 3 is 0.659 bits per heavy atom. The summed E-state index contributed by atoms with van der Waals surface area (Å²) in [6, 6.07) is 95.8. The molecule has 4 heterocycles. The summed E-state index contributed by atoms with van der Waals surface area (Å²) < 4.78 is 0. The molecule has 4 aliphatic heterocycles. The first-order chi connectivity index (χ1) is 41.4. The van der Waals surface area contributed by atoms with Gasteiger partial charge in [-0.25, -0.2) is 0 Å². The molecule has 0 aromatic heterocycles. The second-order valence-electron chi connectivity index (χ2n) is 27.3. The third-order valence-electron chi connectivity index (χ3n) is 22.9. The van der Waals surface area contributed by atoms with Gasteiger partial charge in [-0.15, -0.1) is 44.5 Å². The van der Waals surface area contributed by atoms with Crippen LogP contribution in [0.1, 0.15) is 171 Å². The van der Waals surface area contributed by atoms with Crippen LogP contribution in [-0.2, 0) is 52.4 Å². The predicted octanol–water partition coefficient (Wildman–Crippen LogP) is 17.2. The van der Waals surface area contributed by atoms with E-state index in [0.717, 1.165) is 22.2 Å². The van der Waals surface area contributed by atoms with Crippen molar-refractivity contribution in [2.75, 3.05) is 0 Å². The largest absolute Gasteiger partial charge is 2.00 e. The molecule has 16 rings (SSSR count). The van der Waals surface area contributed by atoms with E-state index in [2.05, 4.69) is 222 Å². The van der Waals surface area contributed by atoms with E-state index < -0.39 is 32.3 Å². The van der Waals surface area contributed by atoms with Crippen molar-refractivity contribution in [1.29, 1.82) is 0 Å². The van der Waals surface area contributed by atoms with Gasteiger partial charge >= 0.3 is 52.4 Å². The van der Waals surface area contributed by atoms with Crippen molar-refractivity contribution in [3.8, 4) is 44.5 Å². The van der Waals surface area contributed by atoms with E-state index in [-0.39, 0.29) is 77.2 Å². The molecule has 4 aliphatic carbocycles. The fraction of sp³-hybridized carbons (Fsp3) is 0.400. The van der Waals surface area contributed by atoms with E-state index in [9.17, 15) is 0 Å². The van der Waals surface area contributed by atoms with Gasteiger partial charge in [0.15, 0.2) is 0 Å². The fourth-order valence-electron chi connectivity index (χ4n) is 18.2. The third kappa shape index (κ3) is 12.8. The number of rotatable bonds is 16. The van der Waals surface area contributed by atoms with Gasteiger partial charge in [-0.05, 0) is 44.4 Å². The van der Waals surface area contributed by atoms with Crippen molar-refractivity contribution in [1.82, 2.24) is 0 Å². The maximum Gasteiger partial charge on any atom is 2.00 e. The number of fused-ring (bicyclic) bond motifs is 12. The Morgan fingerprint density at radius 1 is 0.284 bits per heavy atom. The molecule has 4 atom stereocenters. The molecule has 88 heavy (non-hydrogen) atoms. The Labute approximate surface area is 586 Å². The summed E-state index contributed by atoms with van der Waals surface area (Å²) in [5.41, 5.74) is 27.3. The van der Waals surface area contributed by atoms with Gasteiger partial charge in [-0.3, -0.25) is 0 Å². The fourth-order valence-corrected chi connectivity index (χ4v) is 40.0. The third-order valence-corrected chi connectivity index (χ3v) is 46.4. The monoisotopic (exact) mass is 1410 g/mol. The molecule has 8 heteroatoms. The normalized spacial score (nSPS) is 20.5. The number of halogens is 2. The summed E-state index contributed by atoms with van der Waals surface area (Å²) in [6.45, 7) is 9.35. The molecule has 0 spiro atoms. The molecule has 4 saturated heterocycles. The molecular formula is C80H92Cl2Si4Zr2-2. The Bertz CT molecular complexity index is 2930. The maximum atomic E-state index is 3.63. The molecule has 0 radical (unpaired) electrons. The van der Waals surface area contributed by atoms with Crippen LogP contribution in [0.4, 0.5) is 0 Å². The minimum Gasteiger partial charge on any atom is -1.00 e. The molecule has 8 aromatic carbocycles. The molecule has 8 aliphatic rings. The van der Waals surface area contributed by atoms with Crippen LogP contribution in [0.25, 0.3) is 44.5 Å². The quantitative estimate of drug-likeness (QED) is 0.0668. The first kappa shape index (κ1) is 69.3. The van der Waals surface area contributed by atoms with E-state index in [0.29, 0.717) is 0 Å². The van der Waals surface area contributed by atoms with E-state index in [1.165, 1.54) is 216 Å². The van der Waals surface area contributed by atoms with Crippen LogP contribution in [-0.4, -0.2) is 32.3 Å². The summed E-state index contributed by atoms with van der Waals surface area (Å²) in [7, 11) is -4.66. The Hall–Kier alpha value is -3.03. The Kier molecular flexibility index (Phi) is 24.3. The van der Waals surface area contributed by atoms with Gasteiger partial charge in [0.05, 0.1) is 32.3 Å². The van der Waals surface area contributed by atoms with Crippen molar-refractivity contribution in [3.63, 3.8) is 0 Å². The van der Waals surface area contributed by atoms with Crippen LogP contribution < -0.4 is 24.8 Å². The number of hydrogen-bond donors (Lipinski definition) is 0.